The van der Waals surface area contributed by atoms with E-state index in [0.717, 1.165) is 23.9 Å². The van der Waals surface area contributed by atoms with Crippen molar-refractivity contribution in [3.8, 4) is 0 Å². The predicted molar refractivity (Wildman–Crippen MR) is 80.4 cm³/mol. The van der Waals surface area contributed by atoms with E-state index in [9.17, 15) is 0 Å². The van der Waals surface area contributed by atoms with Crippen molar-refractivity contribution in [3.63, 3.8) is 0 Å². The molecule has 3 saturated heterocycles. The summed E-state index contributed by atoms with van der Waals surface area (Å²) >= 11 is 0. The maximum atomic E-state index is 3.58. The van der Waals surface area contributed by atoms with Crippen LogP contribution in [0.25, 0.3) is 0 Å². The van der Waals surface area contributed by atoms with Gasteiger partial charge in [0.15, 0.2) is 0 Å². The predicted octanol–water partition coefficient (Wildman–Crippen LogP) is 1.79. The smallest absolute Gasteiger partial charge is 0.0145 e. The largest absolute Gasteiger partial charge is 0.314 e. The number of hydrogen-bond acceptors (Lipinski definition) is 3. The number of rotatable bonds is 2. The summed E-state index contributed by atoms with van der Waals surface area (Å²) < 4.78 is 0. The molecule has 0 amide bonds. The van der Waals surface area contributed by atoms with Crippen LogP contribution in [0.15, 0.2) is 0 Å². The number of piperidine rings is 3. The third kappa shape index (κ3) is 3.32. The Morgan fingerprint density at radius 1 is 1.16 bits per heavy atom. The van der Waals surface area contributed by atoms with E-state index in [4.69, 9.17) is 0 Å². The average molecular weight is 265 g/mol. The fourth-order valence-corrected chi connectivity index (χ4v) is 4.66. The monoisotopic (exact) mass is 265 g/mol. The first kappa shape index (κ1) is 13.8. The molecule has 0 bridgehead atoms. The van der Waals surface area contributed by atoms with E-state index in [1.54, 1.807) is 0 Å². The van der Waals surface area contributed by atoms with Crippen LogP contribution in [0.2, 0.25) is 0 Å². The van der Waals surface area contributed by atoms with Crippen molar-refractivity contribution < 1.29 is 0 Å². The number of fused-ring (bicyclic) bond motifs is 1. The average Bonchev–Trinajstić information content (AvgIpc) is 2.39. The van der Waals surface area contributed by atoms with Gasteiger partial charge in [0.25, 0.3) is 0 Å². The van der Waals surface area contributed by atoms with Gasteiger partial charge in [0, 0.05) is 25.2 Å². The lowest BCUT2D eigenvalue weighted by atomic mass is 9.83. The SMILES string of the molecule is CC1CC(CN2CCC3C(CCCN3C)C2)CCN1. The minimum Gasteiger partial charge on any atom is -0.314 e. The van der Waals surface area contributed by atoms with E-state index in [0.29, 0.717) is 0 Å². The molecule has 0 spiro atoms. The molecule has 3 rings (SSSR count). The van der Waals surface area contributed by atoms with E-state index in [-0.39, 0.29) is 0 Å². The van der Waals surface area contributed by atoms with Gasteiger partial charge in [-0.25, -0.2) is 0 Å². The zero-order chi connectivity index (χ0) is 13.2. The lowest BCUT2D eigenvalue weighted by molar-refractivity contribution is 0.0294. The van der Waals surface area contributed by atoms with Gasteiger partial charge in [0.05, 0.1) is 0 Å². The van der Waals surface area contributed by atoms with Crippen LogP contribution in [-0.4, -0.2) is 61.7 Å². The molecule has 110 valence electrons. The second kappa shape index (κ2) is 6.11. The second-order valence-electron chi connectivity index (χ2n) is 7.24. The van der Waals surface area contributed by atoms with Crippen molar-refractivity contribution in [3.05, 3.63) is 0 Å². The van der Waals surface area contributed by atoms with E-state index in [2.05, 4.69) is 29.1 Å². The summed E-state index contributed by atoms with van der Waals surface area (Å²) in [4.78, 5) is 5.40. The zero-order valence-electron chi connectivity index (χ0n) is 12.8. The van der Waals surface area contributed by atoms with E-state index in [1.807, 2.05) is 0 Å². The summed E-state index contributed by atoms with van der Waals surface area (Å²) in [6.07, 6.45) is 7.05. The van der Waals surface area contributed by atoms with Gasteiger partial charge in [0.1, 0.15) is 0 Å². The molecule has 0 saturated carbocycles. The third-order valence-corrected chi connectivity index (χ3v) is 5.68. The van der Waals surface area contributed by atoms with Gasteiger partial charge < -0.3 is 15.1 Å². The highest BCUT2D eigenvalue weighted by molar-refractivity contribution is 4.90. The molecule has 4 unspecified atom stereocenters. The van der Waals surface area contributed by atoms with Crippen LogP contribution in [0.4, 0.5) is 0 Å². The molecule has 3 aliphatic rings. The van der Waals surface area contributed by atoms with Crippen molar-refractivity contribution in [2.75, 3.05) is 39.8 Å². The van der Waals surface area contributed by atoms with Gasteiger partial charge in [-0.2, -0.15) is 0 Å². The van der Waals surface area contributed by atoms with Crippen molar-refractivity contribution in [1.82, 2.24) is 15.1 Å². The lowest BCUT2D eigenvalue weighted by Gasteiger charge is -2.47. The molecule has 3 nitrogen and oxygen atoms in total. The number of likely N-dealkylation sites (tertiary alicyclic amines) is 2. The quantitative estimate of drug-likeness (QED) is 0.821. The van der Waals surface area contributed by atoms with Crippen molar-refractivity contribution >= 4 is 0 Å². The first-order valence-electron chi connectivity index (χ1n) is 8.38. The Hall–Kier alpha value is -0.120. The molecule has 0 aromatic heterocycles. The van der Waals surface area contributed by atoms with Crippen LogP contribution in [0.5, 0.6) is 0 Å². The Balaban J connectivity index is 1.50. The van der Waals surface area contributed by atoms with Crippen LogP contribution in [0.1, 0.15) is 39.0 Å². The molecule has 0 radical (unpaired) electrons. The molecule has 3 heteroatoms. The molecule has 1 N–H and O–H groups in total. The third-order valence-electron chi connectivity index (χ3n) is 5.68. The second-order valence-corrected chi connectivity index (χ2v) is 7.24. The first-order chi connectivity index (χ1) is 9.22. The minimum atomic E-state index is 0.733. The van der Waals surface area contributed by atoms with Crippen LogP contribution in [-0.2, 0) is 0 Å². The van der Waals surface area contributed by atoms with Gasteiger partial charge >= 0.3 is 0 Å². The Labute approximate surface area is 118 Å². The summed E-state index contributed by atoms with van der Waals surface area (Å²) in [5, 5.41) is 3.58. The van der Waals surface area contributed by atoms with E-state index >= 15 is 0 Å². The fourth-order valence-electron chi connectivity index (χ4n) is 4.66. The highest BCUT2D eigenvalue weighted by Gasteiger charge is 2.34. The molecule has 0 aliphatic carbocycles. The highest BCUT2D eigenvalue weighted by Crippen LogP contribution is 2.30. The van der Waals surface area contributed by atoms with Gasteiger partial charge in [-0.1, -0.05) is 0 Å². The summed E-state index contributed by atoms with van der Waals surface area (Å²) in [5.74, 6) is 1.89. The van der Waals surface area contributed by atoms with Crippen molar-refractivity contribution in [2.24, 2.45) is 11.8 Å². The summed E-state index contributed by atoms with van der Waals surface area (Å²) in [6, 6.07) is 1.62. The Morgan fingerprint density at radius 2 is 2.05 bits per heavy atom. The Bertz CT molecular complexity index is 292. The number of hydrogen-bond donors (Lipinski definition) is 1. The highest BCUT2D eigenvalue weighted by atomic mass is 15.2. The fraction of sp³-hybridized carbons (Fsp3) is 1.00. The molecule has 3 aliphatic heterocycles. The number of nitrogens with zero attached hydrogens (tertiary/aromatic N) is 2. The summed E-state index contributed by atoms with van der Waals surface area (Å²) in [7, 11) is 2.33. The van der Waals surface area contributed by atoms with Gasteiger partial charge in [-0.05, 0) is 77.5 Å². The van der Waals surface area contributed by atoms with Crippen LogP contribution < -0.4 is 5.32 Å². The lowest BCUT2D eigenvalue weighted by Crippen LogP contribution is -2.53. The zero-order valence-corrected chi connectivity index (χ0v) is 12.8. The topological polar surface area (TPSA) is 18.5 Å². The van der Waals surface area contributed by atoms with Crippen molar-refractivity contribution in [2.45, 2.75) is 51.1 Å². The molecule has 0 aromatic rings. The molecule has 3 heterocycles. The van der Waals surface area contributed by atoms with E-state index < -0.39 is 0 Å². The molecular formula is C16H31N3. The normalized spacial score (nSPS) is 42.0. The van der Waals surface area contributed by atoms with Crippen LogP contribution in [0, 0.1) is 11.8 Å². The number of nitrogens with one attached hydrogen (secondary N) is 1. The Kier molecular flexibility index (Phi) is 4.45. The van der Waals surface area contributed by atoms with Crippen LogP contribution >= 0.6 is 0 Å². The van der Waals surface area contributed by atoms with Gasteiger partial charge in [-0.3, -0.25) is 0 Å². The Morgan fingerprint density at radius 3 is 2.89 bits per heavy atom. The molecule has 19 heavy (non-hydrogen) atoms. The molecular weight excluding hydrogens is 234 g/mol. The summed E-state index contributed by atoms with van der Waals surface area (Å²) in [5.41, 5.74) is 0. The van der Waals surface area contributed by atoms with Crippen molar-refractivity contribution in [1.29, 1.82) is 0 Å². The molecule has 3 fully saturated rings. The van der Waals surface area contributed by atoms with Gasteiger partial charge in [-0.15, -0.1) is 0 Å². The molecule has 4 atom stereocenters. The maximum absolute atomic E-state index is 3.58. The maximum Gasteiger partial charge on any atom is 0.0145 e. The van der Waals surface area contributed by atoms with E-state index in [1.165, 1.54) is 64.8 Å². The summed E-state index contributed by atoms with van der Waals surface area (Å²) in [6.45, 7) is 8.96. The standard InChI is InChI=1S/C16H31N3/c1-13-10-14(5-7-17-13)11-19-9-6-16-15(12-19)4-3-8-18(16)2/h13-17H,3-12H2,1-2H3. The minimum absolute atomic E-state index is 0.733. The molecule has 0 aromatic carbocycles. The van der Waals surface area contributed by atoms with Gasteiger partial charge in [0.2, 0.25) is 0 Å². The first-order valence-corrected chi connectivity index (χ1v) is 8.38. The van der Waals surface area contributed by atoms with Crippen LogP contribution in [0.3, 0.4) is 0 Å².